The second-order valence-electron chi connectivity index (χ2n) is 5.47. The lowest BCUT2D eigenvalue weighted by Gasteiger charge is -2.53. The summed E-state index contributed by atoms with van der Waals surface area (Å²) < 4.78 is 5.75. The fraction of sp³-hybridized carbons (Fsp3) is 0.250. The Kier molecular flexibility index (Phi) is 3.33. The molecule has 1 aromatic carbocycles. The molecule has 0 spiro atoms. The molecule has 2 N–H and O–H groups in total. The number of hydrogen-bond donors (Lipinski definition) is 2. The summed E-state index contributed by atoms with van der Waals surface area (Å²) in [7, 11) is 0. The molecule has 2 aliphatic rings. The molecule has 5 nitrogen and oxygen atoms in total. The van der Waals surface area contributed by atoms with Gasteiger partial charge in [-0.3, -0.25) is 4.79 Å². The first-order valence-corrected chi connectivity index (χ1v) is 7.50. The minimum atomic E-state index is -0.176. The number of nitrogens with zero attached hydrogens (tertiary/aromatic N) is 1. The number of amides is 1. The molecule has 112 valence electrons. The van der Waals surface area contributed by atoms with E-state index < -0.39 is 0 Å². The molecular formula is C16H14ClN3O2. The molecule has 6 heteroatoms. The number of benzene rings is 1. The molecule has 2 aromatic rings. The van der Waals surface area contributed by atoms with Crippen molar-refractivity contribution in [3.8, 4) is 0 Å². The Morgan fingerprint density at radius 2 is 2.09 bits per heavy atom. The minimum Gasteiger partial charge on any atom is -0.365 e. The van der Waals surface area contributed by atoms with Crippen molar-refractivity contribution in [1.82, 2.24) is 10.3 Å². The Bertz CT molecular complexity index is 702. The Labute approximate surface area is 132 Å². The Morgan fingerprint density at radius 1 is 1.27 bits per heavy atom. The van der Waals surface area contributed by atoms with E-state index in [2.05, 4.69) is 15.6 Å². The zero-order valence-electron chi connectivity index (χ0n) is 11.6. The van der Waals surface area contributed by atoms with Crippen molar-refractivity contribution in [2.75, 3.05) is 11.9 Å². The van der Waals surface area contributed by atoms with E-state index in [1.54, 1.807) is 12.1 Å². The van der Waals surface area contributed by atoms with Crippen LogP contribution < -0.4 is 10.6 Å². The van der Waals surface area contributed by atoms with Crippen LogP contribution >= 0.6 is 11.6 Å². The van der Waals surface area contributed by atoms with Gasteiger partial charge in [-0.15, -0.1) is 0 Å². The molecule has 0 saturated carbocycles. The number of morpholine rings is 1. The van der Waals surface area contributed by atoms with Crippen LogP contribution in [0.4, 0.5) is 5.69 Å². The molecule has 2 aliphatic heterocycles. The van der Waals surface area contributed by atoms with Crippen molar-refractivity contribution >= 4 is 23.2 Å². The highest BCUT2D eigenvalue weighted by atomic mass is 35.5. The fourth-order valence-electron chi connectivity index (χ4n) is 2.73. The number of carbonyl (C=O) groups excluding carboxylic acids is 1. The zero-order chi connectivity index (χ0) is 15.1. The SMILES string of the molecule is O=C(Nc1ccc(Cl)nc1)c1ccc([C@@H]2OC3CN[C@H]32)cc1. The molecule has 3 heterocycles. The number of nitrogens with one attached hydrogen (secondary N) is 2. The first-order valence-electron chi connectivity index (χ1n) is 7.12. The van der Waals surface area contributed by atoms with Gasteiger partial charge in [0.05, 0.1) is 24.0 Å². The zero-order valence-corrected chi connectivity index (χ0v) is 12.4. The molecule has 1 amide bonds. The second kappa shape index (κ2) is 5.35. The highest BCUT2D eigenvalue weighted by Crippen LogP contribution is 2.39. The molecule has 2 fully saturated rings. The van der Waals surface area contributed by atoms with Crippen LogP contribution in [0.3, 0.4) is 0 Å². The van der Waals surface area contributed by atoms with E-state index in [1.165, 1.54) is 6.20 Å². The van der Waals surface area contributed by atoms with Crippen molar-refractivity contribution in [2.45, 2.75) is 18.2 Å². The average molecular weight is 316 g/mol. The topological polar surface area (TPSA) is 63.2 Å². The molecule has 1 unspecified atom stereocenters. The van der Waals surface area contributed by atoms with Gasteiger partial charge in [0.2, 0.25) is 0 Å². The number of pyridine rings is 1. The third-order valence-corrected chi connectivity index (χ3v) is 4.31. The van der Waals surface area contributed by atoms with Gasteiger partial charge >= 0.3 is 0 Å². The largest absolute Gasteiger partial charge is 0.365 e. The van der Waals surface area contributed by atoms with Gasteiger partial charge in [0, 0.05) is 12.1 Å². The fourth-order valence-corrected chi connectivity index (χ4v) is 2.84. The molecule has 2 saturated heterocycles. The van der Waals surface area contributed by atoms with Crippen molar-refractivity contribution < 1.29 is 9.53 Å². The summed E-state index contributed by atoms with van der Waals surface area (Å²) in [5.41, 5.74) is 2.30. The molecular weight excluding hydrogens is 302 g/mol. The van der Waals surface area contributed by atoms with Gasteiger partial charge in [0.15, 0.2) is 0 Å². The van der Waals surface area contributed by atoms with Gasteiger partial charge < -0.3 is 15.4 Å². The van der Waals surface area contributed by atoms with E-state index in [-0.39, 0.29) is 12.0 Å². The van der Waals surface area contributed by atoms with Crippen LogP contribution in [-0.4, -0.2) is 29.6 Å². The monoisotopic (exact) mass is 315 g/mol. The van der Waals surface area contributed by atoms with Crippen LogP contribution in [0, 0.1) is 0 Å². The van der Waals surface area contributed by atoms with E-state index in [0.29, 0.717) is 28.5 Å². The number of fused-ring (bicyclic) bond motifs is 1. The van der Waals surface area contributed by atoms with Crippen LogP contribution in [-0.2, 0) is 4.74 Å². The lowest BCUT2D eigenvalue weighted by atomic mass is 9.86. The second-order valence-corrected chi connectivity index (χ2v) is 5.86. The summed E-state index contributed by atoms with van der Waals surface area (Å²) >= 11 is 5.72. The summed E-state index contributed by atoms with van der Waals surface area (Å²) in [4.78, 5) is 16.1. The molecule has 0 aliphatic carbocycles. The Balaban J connectivity index is 1.43. The number of rotatable bonds is 3. The normalized spacial score (nSPS) is 25.6. The maximum atomic E-state index is 12.2. The summed E-state index contributed by atoms with van der Waals surface area (Å²) in [6, 6.07) is 11.3. The van der Waals surface area contributed by atoms with Gasteiger partial charge in [0.1, 0.15) is 11.3 Å². The standard InChI is InChI=1S/C16H14ClN3O2/c17-13-6-5-11(7-18-13)20-16(21)10-3-1-9(2-4-10)15-14-12(22-15)8-19-14/h1-7,12,14-15,19H,8H2,(H,20,21)/t12?,14-,15+/m1/s1. The van der Waals surface area contributed by atoms with Crippen LogP contribution in [0.2, 0.25) is 5.15 Å². The molecule has 3 atom stereocenters. The highest BCUT2D eigenvalue weighted by Gasteiger charge is 2.49. The van der Waals surface area contributed by atoms with E-state index in [9.17, 15) is 4.79 Å². The quantitative estimate of drug-likeness (QED) is 0.854. The molecule has 22 heavy (non-hydrogen) atoms. The summed E-state index contributed by atoms with van der Waals surface area (Å²) in [6.07, 6.45) is 2.00. The summed E-state index contributed by atoms with van der Waals surface area (Å²) in [5.74, 6) is -0.176. The number of ether oxygens (including phenoxy) is 1. The molecule has 1 aromatic heterocycles. The smallest absolute Gasteiger partial charge is 0.255 e. The highest BCUT2D eigenvalue weighted by molar-refractivity contribution is 6.29. The average Bonchev–Trinajstić information content (AvgIpc) is 2.52. The van der Waals surface area contributed by atoms with Gasteiger partial charge in [0.25, 0.3) is 5.91 Å². The first-order chi connectivity index (χ1) is 10.7. The van der Waals surface area contributed by atoms with E-state index in [1.807, 2.05) is 24.3 Å². The number of hydrogen-bond acceptors (Lipinski definition) is 4. The van der Waals surface area contributed by atoms with Crippen molar-refractivity contribution in [3.05, 3.63) is 58.9 Å². The molecule has 0 bridgehead atoms. The maximum Gasteiger partial charge on any atom is 0.255 e. The number of halogens is 1. The Morgan fingerprint density at radius 3 is 2.64 bits per heavy atom. The van der Waals surface area contributed by atoms with Crippen LogP contribution in [0.25, 0.3) is 0 Å². The number of anilines is 1. The lowest BCUT2D eigenvalue weighted by molar-refractivity contribution is -0.203. The third-order valence-electron chi connectivity index (χ3n) is 4.09. The van der Waals surface area contributed by atoms with Crippen LogP contribution in [0.5, 0.6) is 0 Å². The van der Waals surface area contributed by atoms with E-state index in [4.69, 9.17) is 16.3 Å². The molecule has 4 rings (SSSR count). The summed E-state index contributed by atoms with van der Waals surface area (Å²) in [6.45, 7) is 0.941. The van der Waals surface area contributed by atoms with Crippen molar-refractivity contribution in [3.63, 3.8) is 0 Å². The third kappa shape index (κ3) is 2.37. The summed E-state index contributed by atoms with van der Waals surface area (Å²) in [5, 5.41) is 6.53. The lowest BCUT2D eigenvalue weighted by Crippen LogP contribution is -2.69. The Hall–Kier alpha value is -1.95. The van der Waals surface area contributed by atoms with Crippen LogP contribution in [0.1, 0.15) is 22.0 Å². The molecule has 0 radical (unpaired) electrons. The minimum absolute atomic E-state index is 0.108. The van der Waals surface area contributed by atoms with Gasteiger partial charge in [-0.1, -0.05) is 23.7 Å². The maximum absolute atomic E-state index is 12.2. The van der Waals surface area contributed by atoms with Gasteiger partial charge in [-0.2, -0.15) is 0 Å². The van der Waals surface area contributed by atoms with E-state index >= 15 is 0 Å². The van der Waals surface area contributed by atoms with Gasteiger partial charge in [-0.05, 0) is 29.8 Å². The number of carbonyl (C=O) groups is 1. The van der Waals surface area contributed by atoms with Crippen molar-refractivity contribution in [1.29, 1.82) is 0 Å². The van der Waals surface area contributed by atoms with E-state index in [0.717, 1.165) is 12.1 Å². The van der Waals surface area contributed by atoms with Gasteiger partial charge in [-0.25, -0.2) is 4.98 Å². The first kappa shape index (κ1) is 13.7. The predicted molar refractivity (Wildman–Crippen MR) is 83.0 cm³/mol. The predicted octanol–water partition coefficient (Wildman–Crippen LogP) is 2.40. The number of aromatic nitrogens is 1. The van der Waals surface area contributed by atoms with Crippen molar-refractivity contribution in [2.24, 2.45) is 0 Å². The van der Waals surface area contributed by atoms with Crippen LogP contribution in [0.15, 0.2) is 42.6 Å².